The van der Waals surface area contributed by atoms with Crippen LogP contribution in [0.5, 0.6) is 0 Å². The first-order chi connectivity index (χ1) is 17.0. The lowest BCUT2D eigenvalue weighted by Gasteiger charge is -2.37. The number of piperidine rings is 1. The Hall–Kier alpha value is -3.43. The summed E-state index contributed by atoms with van der Waals surface area (Å²) in [5.41, 5.74) is 8.07. The van der Waals surface area contributed by atoms with E-state index in [1.165, 1.54) is 19.0 Å². The molecule has 2 saturated heterocycles. The summed E-state index contributed by atoms with van der Waals surface area (Å²) < 4.78 is 5.84. The largest absolute Gasteiger partial charge is 0.440 e. The monoisotopic (exact) mass is 489 g/mol. The number of aromatic nitrogens is 1. The number of hydrogen-bond donors (Lipinski definition) is 2. The molecule has 0 unspecified atom stereocenters. The summed E-state index contributed by atoms with van der Waals surface area (Å²) >= 11 is 1.62. The highest BCUT2D eigenvalue weighted by Crippen LogP contribution is 2.38. The van der Waals surface area contributed by atoms with Crippen LogP contribution in [0.15, 0.2) is 54.0 Å². The third-order valence-electron chi connectivity index (χ3n) is 7.14. The molecule has 1 aromatic carbocycles. The van der Waals surface area contributed by atoms with Crippen molar-refractivity contribution in [2.24, 2.45) is 0 Å². The topological polar surface area (TPSA) is 101 Å². The Balaban J connectivity index is 1.13. The highest BCUT2D eigenvalue weighted by molar-refractivity contribution is 7.13. The van der Waals surface area contributed by atoms with Crippen molar-refractivity contribution in [1.82, 2.24) is 9.88 Å². The molecule has 35 heavy (non-hydrogen) atoms. The number of nitrogens with two attached hydrogens (primary N) is 1. The minimum Gasteiger partial charge on any atom is -0.440 e. The number of nitrogens with one attached hydrogen (secondary N) is 1. The highest BCUT2D eigenvalue weighted by Gasteiger charge is 2.49. The summed E-state index contributed by atoms with van der Waals surface area (Å²) in [4.78, 5) is 35.1. The number of ether oxygens (including phenoxy) is 1. The summed E-state index contributed by atoms with van der Waals surface area (Å²) in [6.45, 7) is 2.43. The Bertz CT molecular complexity index is 1250. The maximum absolute atomic E-state index is 12.9. The van der Waals surface area contributed by atoms with Crippen LogP contribution in [-0.2, 0) is 4.74 Å². The first-order valence-electron chi connectivity index (χ1n) is 12.0. The van der Waals surface area contributed by atoms with Gasteiger partial charge in [0, 0.05) is 43.0 Å². The molecule has 3 N–H and O–H groups in total. The molecule has 2 aliphatic heterocycles. The SMILES string of the molecule is Nc1ccc(-c2cccs2)cc1NC(=O)c1ccc(N2CC3(CCN(C4CC4)CC3)OC2=O)nc1. The zero-order valence-corrected chi connectivity index (χ0v) is 20.1. The number of amides is 2. The lowest BCUT2D eigenvalue weighted by atomic mass is 9.91. The van der Waals surface area contributed by atoms with E-state index >= 15 is 0 Å². The summed E-state index contributed by atoms with van der Waals surface area (Å²) in [6, 6.07) is 13.7. The number of anilines is 3. The fourth-order valence-corrected chi connectivity index (χ4v) is 5.66. The van der Waals surface area contributed by atoms with Crippen molar-refractivity contribution < 1.29 is 14.3 Å². The molecule has 2 aromatic heterocycles. The van der Waals surface area contributed by atoms with Gasteiger partial charge in [0.05, 0.1) is 23.5 Å². The lowest BCUT2D eigenvalue weighted by molar-refractivity contribution is -0.000964. The molecule has 3 aliphatic rings. The summed E-state index contributed by atoms with van der Waals surface area (Å²) in [7, 11) is 0. The number of thiophene rings is 1. The zero-order chi connectivity index (χ0) is 24.0. The van der Waals surface area contributed by atoms with E-state index in [4.69, 9.17) is 10.5 Å². The summed E-state index contributed by atoms with van der Waals surface area (Å²) in [6.07, 6.45) is 5.38. The molecule has 8 nitrogen and oxygen atoms in total. The summed E-state index contributed by atoms with van der Waals surface area (Å²) in [5, 5.41) is 4.89. The normalized spacial score (nSPS) is 19.7. The molecular formula is C26H27N5O3S. The molecular weight excluding hydrogens is 462 g/mol. The molecule has 3 aromatic rings. The number of benzene rings is 1. The van der Waals surface area contributed by atoms with Gasteiger partial charge < -0.3 is 20.7 Å². The Morgan fingerprint density at radius 1 is 1.17 bits per heavy atom. The molecule has 0 radical (unpaired) electrons. The number of carbonyl (C=O) groups is 2. The fourth-order valence-electron chi connectivity index (χ4n) is 4.93. The van der Waals surface area contributed by atoms with Crippen molar-refractivity contribution in [3.8, 4) is 10.4 Å². The van der Waals surface area contributed by atoms with Gasteiger partial charge >= 0.3 is 6.09 Å². The number of likely N-dealkylation sites (tertiary alicyclic amines) is 1. The van der Waals surface area contributed by atoms with Gasteiger partial charge in [-0.3, -0.25) is 9.69 Å². The predicted octanol–water partition coefficient (Wildman–Crippen LogP) is 4.60. The second-order valence-electron chi connectivity index (χ2n) is 9.54. The van der Waals surface area contributed by atoms with E-state index < -0.39 is 5.60 Å². The van der Waals surface area contributed by atoms with Gasteiger partial charge in [-0.2, -0.15) is 0 Å². The van der Waals surface area contributed by atoms with Crippen molar-refractivity contribution in [2.45, 2.75) is 37.3 Å². The smallest absolute Gasteiger partial charge is 0.416 e. The van der Waals surface area contributed by atoms with Gasteiger partial charge in [-0.25, -0.2) is 9.78 Å². The number of nitrogens with zero attached hydrogens (tertiary/aromatic N) is 3. The standard InChI is InChI=1S/C26H27N5O3S/c27-20-7-3-17(22-2-1-13-35-22)14-21(20)29-24(32)18-4-8-23(28-15-18)31-16-26(34-25(31)33)9-11-30(12-10-26)19-5-6-19/h1-4,7-8,13-15,19H,5-6,9-12,16,27H2,(H,29,32). The maximum atomic E-state index is 12.9. The average molecular weight is 490 g/mol. The van der Waals surface area contributed by atoms with Gasteiger partial charge in [0.1, 0.15) is 11.4 Å². The Morgan fingerprint density at radius 3 is 2.69 bits per heavy atom. The third-order valence-corrected chi connectivity index (χ3v) is 8.06. The Kier molecular flexibility index (Phi) is 5.46. The first kappa shape index (κ1) is 22.1. The second-order valence-corrected chi connectivity index (χ2v) is 10.5. The maximum Gasteiger partial charge on any atom is 0.416 e. The zero-order valence-electron chi connectivity index (χ0n) is 19.3. The fraction of sp³-hybridized carbons (Fsp3) is 0.346. The van der Waals surface area contributed by atoms with E-state index in [1.54, 1.807) is 34.4 Å². The number of nitrogen functional groups attached to an aromatic ring is 1. The molecule has 3 fully saturated rings. The molecule has 2 amide bonds. The van der Waals surface area contributed by atoms with Crippen molar-refractivity contribution >= 4 is 40.5 Å². The third kappa shape index (κ3) is 4.37. The van der Waals surface area contributed by atoms with Crippen LogP contribution in [0.1, 0.15) is 36.0 Å². The van der Waals surface area contributed by atoms with E-state index in [9.17, 15) is 9.59 Å². The Labute approximate surface area is 207 Å². The molecule has 1 spiro atoms. The van der Waals surface area contributed by atoms with Crippen molar-refractivity contribution in [3.05, 3.63) is 59.6 Å². The van der Waals surface area contributed by atoms with Crippen LogP contribution in [0.25, 0.3) is 10.4 Å². The van der Waals surface area contributed by atoms with E-state index in [0.29, 0.717) is 29.3 Å². The van der Waals surface area contributed by atoms with Crippen molar-refractivity contribution in [3.63, 3.8) is 0 Å². The molecule has 180 valence electrons. The number of carbonyl (C=O) groups excluding carboxylic acids is 2. The van der Waals surface area contributed by atoms with Crippen LogP contribution in [0, 0.1) is 0 Å². The quantitative estimate of drug-likeness (QED) is 0.508. The van der Waals surface area contributed by atoms with Gasteiger partial charge in [-0.1, -0.05) is 12.1 Å². The minimum absolute atomic E-state index is 0.313. The number of hydrogen-bond acceptors (Lipinski definition) is 7. The summed E-state index contributed by atoms with van der Waals surface area (Å²) in [5.74, 6) is 0.180. The molecule has 0 bridgehead atoms. The number of rotatable bonds is 5. The molecule has 1 saturated carbocycles. The van der Waals surface area contributed by atoms with Crippen LogP contribution in [0.3, 0.4) is 0 Å². The molecule has 1 aliphatic carbocycles. The van der Waals surface area contributed by atoms with Gasteiger partial charge in [-0.05, 0) is 54.1 Å². The van der Waals surface area contributed by atoms with E-state index in [0.717, 1.165) is 42.4 Å². The van der Waals surface area contributed by atoms with Gasteiger partial charge in [0.2, 0.25) is 0 Å². The predicted molar refractivity (Wildman–Crippen MR) is 137 cm³/mol. The molecule has 9 heteroatoms. The number of pyridine rings is 1. The van der Waals surface area contributed by atoms with Gasteiger partial charge in [0.25, 0.3) is 5.91 Å². The van der Waals surface area contributed by atoms with E-state index in [2.05, 4.69) is 15.2 Å². The van der Waals surface area contributed by atoms with Crippen molar-refractivity contribution in [1.29, 1.82) is 0 Å². The second kappa shape index (κ2) is 8.66. The average Bonchev–Trinajstić information content (AvgIpc) is 3.47. The molecule has 4 heterocycles. The minimum atomic E-state index is -0.439. The molecule has 6 rings (SSSR count). The van der Waals surface area contributed by atoms with Crippen LogP contribution < -0.4 is 16.0 Å². The van der Waals surface area contributed by atoms with Crippen molar-refractivity contribution in [2.75, 3.05) is 35.6 Å². The van der Waals surface area contributed by atoms with Crippen LogP contribution in [0.4, 0.5) is 22.0 Å². The van der Waals surface area contributed by atoms with E-state index in [1.807, 2.05) is 29.6 Å². The van der Waals surface area contributed by atoms with Gasteiger partial charge in [-0.15, -0.1) is 11.3 Å². The van der Waals surface area contributed by atoms with E-state index in [-0.39, 0.29) is 12.0 Å². The van der Waals surface area contributed by atoms with Crippen LogP contribution in [0.2, 0.25) is 0 Å². The first-order valence-corrected chi connectivity index (χ1v) is 12.8. The highest BCUT2D eigenvalue weighted by atomic mass is 32.1. The lowest BCUT2D eigenvalue weighted by Crippen LogP contribution is -2.47. The molecule has 0 atom stereocenters. The van der Waals surface area contributed by atoms with Gasteiger partial charge in [0.15, 0.2) is 0 Å². The van der Waals surface area contributed by atoms with Crippen LogP contribution >= 0.6 is 11.3 Å². The Morgan fingerprint density at radius 2 is 2.00 bits per heavy atom. The van der Waals surface area contributed by atoms with Crippen LogP contribution in [-0.4, -0.2) is 53.2 Å².